The first-order chi connectivity index (χ1) is 22.0. The normalized spacial score (nSPS) is 14.1. The number of allylic oxidation sites excluding steroid dienone is 1. The smallest absolute Gasteiger partial charge is 0.461 e. The zero-order valence-electron chi connectivity index (χ0n) is 24.8. The van der Waals surface area contributed by atoms with Gasteiger partial charge in [-0.25, -0.2) is 4.39 Å². The molecule has 2 atom stereocenters. The van der Waals surface area contributed by atoms with Crippen LogP contribution < -0.4 is 10.1 Å². The second kappa shape index (κ2) is 15.5. The summed E-state index contributed by atoms with van der Waals surface area (Å²) in [5, 5.41) is 2.89. The highest BCUT2D eigenvalue weighted by molar-refractivity contribution is 5.98. The number of benzene rings is 3. The maximum absolute atomic E-state index is 13.9. The van der Waals surface area contributed by atoms with Gasteiger partial charge in [0.1, 0.15) is 17.7 Å². The van der Waals surface area contributed by atoms with Crippen LogP contribution in [0.3, 0.4) is 0 Å². The van der Waals surface area contributed by atoms with E-state index in [1.807, 2.05) is 18.2 Å². The highest BCUT2D eigenvalue weighted by atomic mass is 19.3. The van der Waals surface area contributed by atoms with Crippen molar-refractivity contribution in [3.05, 3.63) is 106 Å². The number of alkyl halides is 4. The molecule has 3 aromatic rings. The third kappa shape index (κ3) is 9.15. The fourth-order valence-electron chi connectivity index (χ4n) is 5.05. The summed E-state index contributed by atoms with van der Waals surface area (Å²) in [5.74, 6) is -3.16. The number of aryl methyl sites for hydroxylation is 1. The number of fused-ring (bicyclic) bond motifs is 1. The average Bonchev–Trinajstić information content (AvgIpc) is 3.28. The summed E-state index contributed by atoms with van der Waals surface area (Å²) >= 11 is 0. The third-order valence-electron chi connectivity index (χ3n) is 7.30. The molecule has 7 nitrogen and oxygen atoms in total. The van der Waals surface area contributed by atoms with Gasteiger partial charge in [-0.3, -0.25) is 14.4 Å². The molecule has 0 saturated heterocycles. The maximum atomic E-state index is 13.9. The first-order valence-electron chi connectivity index (χ1n) is 14.5. The van der Waals surface area contributed by atoms with Crippen molar-refractivity contribution in [2.75, 3.05) is 7.11 Å². The molecule has 0 saturated carbocycles. The zero-order valence-corrected chi connectivity index (χ0v) is 24.8. The number of rotatable bonds is 13. The molecule has 0 aliphatic heterocycles. The fraction of sp³-hybridized carbons (Fsp3) is 0.324. The second-order valence-corrected chi connectivity index (χ2v) is 10.6. The van der Waals surface area contributed by atoms with Crippen molar-refractivity contribution in [3.8, 4) is 5.75 Å². The first kappa shape index (κ1) is 34.1. The molecule has 0 spiro atoms. The largest absolute Gasteiger partial charge is 0.469 e. The van der Waals surface area contributed by atoms with Crippen molar-refractivity contribution in [1.29, 1.82) is 0 Å². The van der Waals surface area contributed by atoms with Gasteiger partial charge in [-0.15, -0.1) is 0 Å². The van der Waals surface area contributed by atoms with Gasteiger partial charge in [0.25, 0.3) is 5.91 Å². The molecule has 2 unspecified atom stereocenters. The van der Waals surface area contributed by atoms with E-state index >= 15 is 0 Å². The molecule has 244 valence electrons. The van der Waals surface area contributed by atoms with Crippen molar-refractivity contribution >= 4 is 23.9 Å². The number of nitrogens with one attached hydrogen (secondary N) is 1. The van der Waals surface area contributed by atoms with Crippen LogP contribution in [0.2, 0.25) is 0 Å². The van der Waals surface area contributed by atoms with Crippen LogP contribution >= 0.6 is 0 Å². The summed E-state index contributed by atoms with van der Waals surface area (Å²) < 4.78 is 81.5. The lowest BCUT2D eigenvalue weighted by Crippen LogP contribution is -2.43. The van der Waals surface area contributed by atoms with Gasteiger partial charge in [0.15, 0.2) is 0 Å². The zero-order chi connectivity index (χ0) is 33.3. The summed E-state index contributed by atoms with van der Waals surface area (Å²) in [6.07, 6.45) is -4.62. The van der Waals surface area contributed by atoms with E-state index in [0.29, 0.717) is 11.1 Å². The maximum Gasteiger partial charge on any atom is 0.461 e. The Hall–Kier alpha value is -4.74. The Morgan fingerprint density at radius 3 is 2.39 bits per heavy atom. The number of ether oxygens (including phenoxy) is 3. The number of methoxy groups -OCH3 is 1. The number of hydrogen-bond donors (Lipinski definition) is 1. The van der Waals surface area contributed by atoms with Gasteiger partial charge >= 0.3 is 24.5 Å². The minimum absolute atomic E-state index is 0.166. The molecule has 1 N–H and O–H groups in total. The first-order valence-corrected chi connectivity index (χ1v) is 14.5. The Labute approximate surface area is 262 Å². The van der Waals surface area contributed by atoms with E-state index in [1.54, 1.807) is 12.1 Å². The van der Waals surface area contributed by atoms with Crippen LogP contribution in [0, 0.1) is 5.82 Å². The van der Waals surface area contributed by atoms with Crippen LogP contribution in [-0.2, 0) is 31.9 Å². The molecule has 12 heteroatoms. The van der Waals surface area contributed by atoms with Gasteiger partial charge in [-0.05, 0) is 78.3 Å². The van der Waals surface area contributed by atoms with Crippen molar-refractivity contribution in [2.24, 2.45) is 0 Å². The molecule has 0 heterocycles. The van der Waals surface area contributed by atoms with Gasteiger partial charge in [0.2, 0.25) is 0 Å². The van der Waals surface area contributed by atoms with Crippen molar-refractivity contribution in [2.45, 2.75) is 63.2 Å². The summed E-state index contributed by atoms with van der Waals surface area (Å²) in [4.78, 5) is 38.5. The molecular formula is C34H32F5NO6. The minimum atomic E-state index is -4.75. The standard InChI is InChI=1S/C34H32F5NO6/c1-44-29(41)17-18-30(42)45-31(23-13-15-24(35)16-14-23)28(20-21-7-5-10-25(19-21)46-34(38,39)33(36)37)40-32(43)27-12-6-9-22-8-3-2-4-11-26(22)27/h4-7,9-16,19,28,31,33H,2-3,8,17-18,20H2,1H3,(H,40,43). The molecule has 1 aliphatic carbocycles. The summed E-state index contributed by atoms with van der Waals surface area (Å²) in [7, 11) is 1.16. The summed E-state index contributed by atoms with van der Waals surface area (Å²) in [6, 6.07) is 14.1. The van der Waals surface area contributed by atoms with E-state index in [-0.39, 0.29) is 30.4 Å². The molecule has 0 aromatic heterocycles. The average molecular weight is 646 g/mol. The molecule has 0 bridgehead atoms. The van der Waals surface area contributed by atoms with Crippen LogP contribution in [0.1, 0.15) is 64.4 Å². The minimum Gasteiger partial charge on any atom is -0.469 e. The van der Waals surface area contributed by atoms with Crippen molar-refractivity contribution in [1.82, 2.24) is 5.32 Å². The van der Waals surface area contributed by atoms with Crippen molar-refractivity contribution in [3.63, 3.8) is 0 Å². The predicted octanol–water partition coefficient (Wildman–Crippen LogP) is 6.99. The van der Waals surface area contributed by atoms with E-state index in [4.69, 9.17) is 4.74 Å². The number of halogens is 5. The Bertz CT molecular complexity index is 1560. The van der Waals surface area contributed by atoms with Crippen LogP contribution in [0.5, 0.6) is 5.75 Å². The molecule has 1 amide bonds. The van der Waals surface area contributed by atoms with Gasteiger partial charge in [0.05, 0.1) is 26.0 Å². The lowest BCUT2D eigenvalue weighted by Gasteiger charge is -2.29. The third-order valence-corrected chi connectivity index (χ3v) is 7.30. The molecule has 46 heavy (non-hydrogen) atoms. The lowest BCUT2D eigenvalue weighted by atomic mass is 9.94. The van der Waals surface area contributed by atoms with Gasteiger partial charge in [-0.1, -0.05) is 48.6 Å². The highest BCUT2D eigenvalue weighted by Crippen LogP contribution is 2.31. The lowest BCUT2D eigenvalue weighted by molar-refractivity contribution is -0.253. The molecule has 0 fully saturated rings. The monoisotopic (exact) mass is 645 g/mol. The molecule has 3 aromatic carbocycles. The Morgan fingerprint density at radius 1 is 0.957 bits per heavy atom. The van der Waals surface area contributed by atoms with Crippen LogP contribution in [0.25, 0.3) is 6.08 Å². The van der Waals surface area contributed by atoms with E-state index in [9.17, 15) is 36.3 Å². The summed E-state index contributed by atoms with van der Waals surface area (Å²) in [6.45, 7) is 0. The fourth-order valence-corrected chi connectivity index (χ4v) is 5.05. The number of amides is 1. The van der Waals surface area contributed by atoms with Gasteiger partial charge < -0.3 is 19.5 Å². The molecule has 1 aliphatic rings. The van der Waals surface area contributed by atoms with E-state index in [0.717, 1.165) is 56.2 Å². The Morgan fingerprint density at radius 2 is 1.67 bits per heavy atom. The molecule has 4 rings (SSSR count). The number of esters is 2. The Kier molecular flexibility index (Phi) is 11.5. The van der Waals surface area contributed by atoms with Crippen molar-refractivity contribution < 1.29 is 50.5 Å². The van der Waals surface area contributed by atoms with Crippen LogP contribution in [0.15, 0.2) is 72.8 Å². The second-order valence-electron chi connectivity index (χ2n) is 10.6. The van der Waals surface area contributed by atoms with E-state index in [1.165, 1.54) is 24.3 Å². The molecular weight excluding hydrogens is 613 g/mol. The topological polar surface area (TPSA) is 90.9 Å². The van der Waals surface area contributed by atoms with E-state index in [2.05, 4.69) is 14.8 Å². The van der Waals surface area contributed by atoms with E-state index < -0.39 is 54.1 Å². The van der Waals surface area contributed by atoms with Crippen LogP contribution in [0.4, 0.5) is 22.0 Å². The predicted molar refractivity (Wildman–Crippen MR) is 158 cm³/mol. The number of carbonyl (C=O) groups excluding carboxylic acids is 3. The quantitative estimate of drug-likeness (QED) is 0.159. The summed E-state index contributed by atoms with van der Waals surface area (Å²) in [5.41, 5.74) is 2.56. The number of carbonyl (C=O) groups is 3. The van der Waals surface area contributed by atoms with Gasteiger partial charge in [-0.2, -0.15) is 17.6 Å². The van der Waals surface area contributed by atoms with Gasteiger partial charge in [0, 0.05) is 5.56 Å². The SMILES string of the molecule is COC(=O)CCC(=O)OC(c1ccc(F)cc1)C(Cc1cccc(OC(F)(F)C(F)F)c1)NC(=O)c1cccc2c1C=CCCC2. The highest BCUT2D eigenvalue weighted by Gasteiger charge is 2.44. The number of hydrogen-bond acceptors (Lipinski definition) is 6. The molecule has 0 radical (unpaired) electrons. The van der Waals surface area contributed by atoms with Crippen LogP contribution in [-0.4, -0.2) is 43.5 Å². The Balaban J connectivity index is 1.73.